The van der Waals surface area contributed by atoms with Crippen LogP contribution in [0.25, 0.3) is 0 Å². The van der Waals surface area contributed by atoms with E-state index in [1.54, 1.807) is 0 Å². The third-order valence-corrected chi connectivity index (χ3v) is 6.87. The van der Waals surface area contributed by atoms with Gasteiger partial charge in [0.15, 0.2) is 0 Å². The summed E-state index contributed by atoms with van der Waals surface area (Å²) in [6.07, 6.45) is 0. The van der Waals surface area contributed by atoms with Crippen LogP contribution in [0.3, 0.4) is 0 Å². The second-order valence-corrected chi connectivity index (χ2v) is 4.74. The molecule has 1 fully saturated rings. The summed E-state index contributed by atoms with van der Waals surface area (Å²) in [5.41, 5.74) is 0. The fraction of sp³-hybridized carbons (Fsp3) is 0. The Morgan fingerprint density at radius 2 is 0.625 bits per heavy atom. The second-order valence-electron chi connectivity index (χ2n) is 1.32. The van der Waals surface area contributed by atoms with Crippen LogP contribution in [-0.2, 0) is 0 Å². The summed E-state index contributed by atoms with van der Waals surface area (Å²) < 4.78 is 4.88. The van der Waals surface area contributed by atoms with Gasteiger partial charge in [0.2, 0.25) is 0 Å². The average molecular weight is 364 g/mol. The molecule has 0 aromatic heterocycles. The molecule has 1 rings (SSSR count). The zero-order chi connectivity index (χ0) is 6.31. The molecular formula is C4Se4. The fourth-order valence-corrected chi connectivity index (χ4v) is 3.37. The van der Waals surface area contributed by atoms with Crippen LogP contribution in [0.15, 0.2) is 0 Å². The molecule has 0 spiro atoms. The zero-order valence-electron chi connectivity index (χ0n) is 3.63. The third-order valence-electron chi connectivity index (χ3n) is 0.825. The van der Waals surface area contributed by atoms with E-state index in [9.17, 15) is 0 Å². The molecule has 0 N–H and O–H groups in total. The van der Waals surface area contributed by atoms with Crippen LogP contribution in [0.4, 0.5) is 0 Å². The van der Waals surface area contributed by atoms with E-state index in [1.165, 1.54) is 17.7 Å². The molecule has 8 heavy (non-hydrogen) atoms. The number of hydrogen-bond acceptors (Lipinski definition) is 0. The Morgan fingerprint density at radius 1 is 0.500 bits per heavy atom. The number of hydrogen-bond donors (Lipinski definition) is 0. The van der Waals surface area contributed by atoms with Gasteiger partial charge in [0, 0.05) is 0 Å². The van der Waals surface area contributed by atoms with Crippen LogP contribution in [0, 0.1) is 0 Å². The van der Waals surface area contributed by atoms with Crippen molar-refractivity contribution in [3.63, 3.8) is 0 Å². The normalized spacial score (nSPS) is 19.0. The van der Waals surface area contributed by atoms with E-state index in [2.05, 4.69) is 62.3 Å². The van der Waals surface area contributed by atoms with Gasteiger partial charge in [0.1, 0.15) is 0 Å². The van der Waals surface area contributed by atoms with Gasteiger partial charge < -0.3 is 0 Å². The summed E-state index contributed by atoms with van der Waals surface area (Å²) in [4.78, 5) is 0. The predicted molar refractivity (Wildman–Crippen MR) is 43.0 cm³/mol. The van der Waals surface area contributed by atoms with Crippen molar-refractivity contribution in [3.05, 3.63) is 0 Å². The molecule has 40 valence electrons. The van der Waals surface area contributed by atoms with Crippen molar-refractivity contribution >= 4 is 80.0 Å². The maximum atomic E-state index is 2.95. The maximum absolute atomic E-state index is 2.95. The molecule has 4 heteroatoms. The Bertz CT molecular complexity index is 148. The average Bonchev–Trinajstić information content (AvgIpc) is 1.83. The summed E-state index contributed by atoms with van der Waals surface area (Å²) in [6, 6.07) is 0. The van der Waals surface area contributed by atoms with Gasteiger partial charge in [-0.15, -0.1) is 0 Å². The molecule has 0 aromatic rings. The molecule has 1 aliphatic rings. The van der Waals surface area contributed by atoms with Gasteiger partial charge in [0.25, 0.3) is 0 Å². The molecule has 0 nitrogen and oxygen atoms in total. The fourth-order valence-electron chi connectivity index (χ4n) is 0.350. The molecule has 0 aromatic carbocycles. The molecule has 0 heterocycles. The van der Waals surface area contributed by atoms with Crippen LogP contribution < -0.4 is 0 Å². The third kappa shape index (κ3) is 1.05. The van der Waals surface area contributed by atoms with E-state index in [-0.39, 0.29) is 0 Å². The van der Waals surface area contributed by atoms with Crippen LogP contribution >= 0.6 is 0 Å². The Morgan fingerprint density at radius 3 is 0.750 bits per heavy atom. The van der Waals surface area contributed by atoms with E-state index in [0.717, 1.165) is 0 Å². The molecule has 0 bridgehead atoms. The van der Waals surface area contributed by atoms with Crippen molar-refractivity contribution in [1.82, 2.24) is 0 Å². The Kier molecular flexibility index (Phi) is 2.55. The quantitative estimate of drug-likeness (QED) is 0.413. The van der Waals surface area contributed by atoms with Crippen molar-refractivity contribution in [2.75, 3.05) is 0 Å². The zero-order valence-corrected chi connectivity index (χ0v) is 10.5. The van der Waals surface area contributed by atoms with Crippen LogP contribution in [0.5, 0.6) is 0 Å². The van der Waals surface area contributed by atoms with Crippen LogP contribution in [0.1, 0.15) is 0 Å². The molecule has 0 aliphatic heterocycles. The summed E-state index contributed by atoms with van der Waals surface area (Å²) in [5.74, 6) is 0. The molecule has 0 saturated heterocycles. The van der Waals surface area contributed by atoms with Crippen molar-refractivity contribution in [3.8, 4) is 0 Å². The molecule has 0 radical (unpaired) electrons. The summed E-state index contributed by atoms with van der Waals surface area (Å²) >= 11 is 11.8. The number of rotatable bonds is 0. The Balaban J connectivity index is 3.00. The van der Waals surface area contributed by atoms with Gasteiger partial charge in [-0.3, -0.25) is 0 Å². The van der Waals surface area contributed by atoms with E-state index >= 15 is 0 Å². The van der Waals surface area contributed by atoms with Crippen molar-refractivity contribution in [1.29, 1.82) is 0 Å². The van der Waals surface area contributed by atoms with Crippen LogP contribution in [-0.4, -0.2) is 80.0 Å². The minimum atomic E-state index is 1.22. The Hall–Kier alpha value is 1.56. The van der Waals surface area contributed by atoms with Gasteiger partial charge in [-0.25, -0.2) is 0 Å². The summed E-state index contributed by atoms with van der Waals surface area (Å²) in [7, 11) is 0. The van der Waals surface area contributed by atoms with Crippen molar-refractivity contribution in [2.24, 2.45) is 0 Å². The monoisotopic (exact) mass is 368 g/mol. The summed E-state index contributed by atoms with van der Waals surface area (Å²) in [6.45, 7) is 0. The van der Waals surface area contributed by atoms with E-state index in [1.807, 2.05) is 0 Å². The first-order valence-corrected chi connectivity index (χ1v) is 5.24. The topological polar surface area (TPSA) is 0 Å². The standard InChI is InChI=1S/C4Se4/c5-1-2(6)4(8)3(1)7. The van der Waals surface area contributed by atoms with E-state index in [0.29, 0.717) is 0 Å². The predicted octanol–water partition coefficient (Wildman–Crippen LogP) is -2.64. The molecule has 0 atom stereocenters. The van der Waals surface area contributed by atoms with Crippen molar-refractivity contribution in [2.45, 2.75) is 0 Å². The summed E-state index contributed by atoms with van der Waals surface area (Å²) in [5, 5.41) is 0. The van der Waals surface area contributed by atoms with Crippen molar-refractivity contribution < 1.29 is 0 Å². The van der Waals surface area contributed by atoms with Gasteiger partial charge in [-0.05, 0) is 0 Å². The SMILES string of the molecule is [Se]=C1C(=[Se])C(=[Se])C1=[Se]. The van der Waals surface area contributed by atoms with Gasteiger partial charge in [-0.1, -0.05) is 0 Å². The first kappa shape index (κ1) is 7.66. The van der Waals surface area contributed by atoms with Gasteiger partial charge in [0.05, 0.1) is 0 Å². The molecule has 1 aliphatic carbocycles. The van der Waals surface area contributed by atoms with Crippen LogP contribution in [0.2, 0.25) is 0 Å². The van der Waals surface area contributed by atoms with Gasteiger partial charge in [-0.2, -0.15) is 0 Å². The Labute approximate surface area is 79.2 Å². The second kappa shape index (κ2) is 2.66. The minimum absolute atomic E-state index is 1.22. The molecular weight excluding hydrogens is 364 g/mol. The van der Waals surface area contributed by atoms with Gasteiger partial charge >= 0.3 is 80.0 Å². The van der Waals surface area contributed by atoms with E-state index < -0.39 is 0 Å². The first-order chi connectivity index (χ1) is 3.64. The molecule has 0 amide bonds. The first-order valence-electron chi connectivity index (χ1n) is 1.82. The molecule has 1 saturated carbocycles. The molecule has 0 unspecified atom stereocenters. The van der Waals surface area contributed by atoms with E-state index in [4.69, 9.17) is 0 Å².